The molecule has 0 bridgehead atoms. The monoisotopic (exact) mass is 320 g/mol. The van der Waals surface area contributed by atoms with Gasteiger partial charge in [0.05, 0.1) is 6.10 Å². The van der Waals surface area contributed by atoms with Crippen LogP contribution < -0.4 is 4.74 Å². The molecule has 3 aromatic rings. The summed E-state index contributed by atoms with van der Waals surface area (Å²) in [5, 5.41) is 10.8. The second-order valence-electron chi connectivity index (χ2n) is 6.21. The Morgan fingerprint density at radius 2 is 1.83 bits per heavy atom. The first-order valence-corrected chi connectivity index (χ1v) is 8.38. The van der Waals surface area contributed by atoms with Crippen molar-refractivity contribution in [3.05, 3.63) is 54.1 Å². The molecule has 2 heterocycles. The van der Waals surface area contributed by atoms with Crippen LogP contribution in [0.1, 0.15) is 18.4 Å². The van der Waals surface area contributed by atoms with Crippen molar-refractivity contribution < 1.29 is 9.47 Å². The van der Waals surface area contributed by atoms with Gasteiger partial charge in [-0.3, -0.25) is 0 Å². The molecule has 4 nitrogen and oxygen atoms in total. The van der Waals surface area contributed by atoms with E-state index in [-0.39, 0.29) is 6.10 Å². The zero-order valence-corrected chi connectivity index (χ0v) is 13.7. The van der Waals surface area contributed by atoms with Crippen LogP contribution in [0.15, 0.2) is 48.5 Å². The summed E-state index contributed by atoms with van der Waals surface area (Å²) in [6.07, 6.45) is 2.32. The number of aromatic nitrogens is 2. The molecule has 1 aliphatic heterocycles. The van der Waals surface area contributed by atoms with E-state index in [9.17, 15) is 0 Å². The van der Waals surface area contributed by atoms with Crippen LogP contribution in [-0.4, -0.2) is 29.5 Å². The van der Waals surface area contributed by atoms with Crippen LogP contribution in [0.4, 0.5) is 0 Å². The number of ether oxygens (including phenoxy) is 2. The molecule has 122 valence electrons. The van der Waals surface area contributed by atoms with Gasteiger partial charge < -0.3 is 9.47 Å². The highest BCUT2D eigenvalue weighted by molar-refractivity contribution is 5.96. The largest absolute Gasteiger partial charge is 0.473 e. The van der Waals surface area contributed by atoms with Gasteiger partial charge in [-0.25, -0.2) is 0 Å². The van der Waals surface area contributed by atoms with Crippen molar-refractivity contribution in [2.24, 2.45) is 0 Å². The van der Waals surface area contributed by atoms with Crippen molar-refractivity contribution in [2.45, 2.75) is 25.9 Å². The molecule has 0 unspecified atom stereocenters. The lowest BCUT2D eigenvalue weighted by Crippen LogP contribution is -2.17. The van der Waals surface area contributed by atoms with Crippen LogP contribution in [0.3, 0.4) is 0 Å². The Labute approximate surface area is 141 Å². The van der Waals surface area contributed by atoms with Crippen LogP contribution in [0, 0.1) is 6.92 Å². The van der Waals surface area contributed by atoms with E-state index in [0.717, 1.165) is 41.5 Å². The van der Waals surface area contributed by atoms with Gasteiger partial charge in [0, 0.05) is 22.9 Å². The molecule has 0 aliphatic carbocycles. The standard InChI is InChI=1S/C20H20N2O2/c1-14-8-10-15(11-9-14)19-17-6-2-3-7-18(17)20(22-21-19)24-13-16-5-4-12-23-16/h2-3,6-11,16H,4-5,12-13H2,1H3/t16-/m0/s1. The molecule has 1 saturated heterocycles. The number of nitrogens with zero attached hydrogens (tertiary/aromatic N) is 2. The van der Waals surface area contributed by atoms with Crippen molar-refractivity contribution in [2.75, 3.05) is 13.2 Å². The predicted molar refractivity (Wildman–Crippen MR) is 94.2 cm³/mol. The molecule has 24 heavy (non-hydrogen) atoms. The Bertz CT molecular complexity index is 840. The fourth-order valence-electron chi connectivity index (χ4n) is 3.06. The van der Waals surface area contributed by atoms with Crippen LogP contribution in [0.25, 0.3) is 22.0 Å². The summed E-state index contributed by atoms with van der Waals surface area (Å²) < 4.78 is 11.5. The molecule has 0 spiro atoms. The molecule has 4 heteroatoms. The minimum atomic E-state index is 0.169. The van der Waals surface area contributed by atoms with Crippen molar-refractivity contribution in [3.8, 4) is 17.1 Å². The molecule has 1 atom stereocenters. The quantitative estimate of drug-likeness (QED) is 0.724. The normalized spacial score (nSPS) is 17.3. The third-order valence-corrected chi connectivity index (χ3v) is 4.41. The summed E-state index contributed by atoms with van der Waals surface area (Å²) in [7, 11) is 0. The first-order chi connectivity index (χ1) is 11.8. The number of hydrogen-bond donors (Lipinski definition) is 0. The topological polar surface area (TPSA) is 44.2 Å². The highest BCUT2D eigenvalue weighted by atomic mass is 16.5. The molecule has 0 radical (unpaired) electrons. The Balaban J connectivity index is 1.70. The van der Waals surface area contributed by atoms with Gasteiger partial charge in [-0.1, -0.05) is 48.0 Å². The molecule has 2 aromatic carbocycles. The van der Waals surface area contributed by atoms with E-state index in [2.05, 4.69) is 47.5 Å². The van der Waals surface area contributed by atoms with E-state index in [4.69, 9.17) is 9.47 Å². The lowest BCUT2D eigenvalue weighted by atomic mass is 10.0. The number of hydrogen-bond acceptors (Lipinski definition) is 4. The van der Waals surface area contributed by atoms with Crippen LogP contribution in [0.2, 0.25) is 0 Å². The van der Waals surface area contributed by atoms with Gasteiger partial charge in [-0.2, -0.15) is 0 Å². The SMILES string of the molecule is Cc1ccc(-c2nnc(OC[C@@H]3CCCO3)c3ccccc23)cc1. The van der Waals surface area contributed by atoms with Crippen molar-refractivity contribution in [3.63, 3.8) is 0 Å². The van der Waals surface area contributed by atoms with E-state index in [1.165, 1.54) is 5.56 Å². The first-order valence-electron chi connectivity index (χ1n) is 8.38. The molecule has 1 fully saturated rings. The second kappa shape index (κ2) is 6.57. The van der Waals surface area contributed by atoms with Crippen molar-refractivity contribution in [1.29, 1.82) is 0 Å². The summed E-state index contributed by atoms with van der Waals surface area (Å²) in [5.74, 6) is 0.581. The first kappa shape index (κ1) is 15.1. The lowest BCUT2D eigenvalue weighted by Gasteiger charge is -2.13. The fourth-order valence-corrected chi connectivity index (χ4v) is 3.06. The predicted octanol–water partition coefficient (Wildman–Crippen LogP) is 4.16. The summed E-state index contributed by atoms with van der Waals surface area (Å²) in [4.78, 5) is 0. The number of benzene rings is 2. The van der Waals surface area contributed by atoms with E-state index in [1.54, 1.807) is 0 Å². The summed E-state index contributed by atoms with van der Waals surface area (Å²) in [6.45, 7) is 3.44. The Morgan fingerprint density at radius 1 is 1.04 bits per heavy atom. The van der Waals surface area contributed by atoms with Crippen LogP contribution >= 0.6 is 0 Å². The molecular weight excluding hydrogens is 300 g/mol. The number of rotatable bonds is 4. The second-order valence-corrected chi connectivity index (χ2v) is 6.21. The Kier molecular flexibility index (Phi) is 4.13. The van der Waals surface area contributed by atoms with Gasteiger partial charge >= 0.3 is 0 Å². The van der Waals surface area contributed by atoms with E-state index in [0.29, 0.717) is 12.5 Å². The van der Waals surface area contributed by atoms with Gasteiger partial charge in [0.1, 0.15) is 12.3 Å². The molecular formula is C20H20N2O2. The van der Waals surface area contributed by atoms with Crippen LogP contribution in [0.5, 0.6) is 5.88 Å². The van der Waals surface area contributed by atoms with Gasteiger partial charge in [-0.05, 0) is 25.8 Å². The third-order valence-electron chi connectivity index (χ3n) is 4.41. The summed E-state index contributed by atoms with van der Waals surface area (Å²) in [5.41, 5.74) is 3.18. The van der Waals surface area contributed by atoms with E-state index >= 15 is 0 Å². The van der Waals surface area contributed by atoms with Gasteiger partial charge in [0.15, 0.2) is 0 Å². The lowest BCUT2D eigenvalue weighted by molar-refractivity contribution is 0.0666. The summed E-state index contributed by atoms with van der Waals surface area (Å²) >= 11 is 0. The van der Waals surface area contributed by atoms with Gasteiger partial charge in [0.25, 0.3) is 0 Å². The maximum absolute atomic E-state index is 5.91. The molecule has 0 saturated carbocycles. The average Bonchev–Trinajstić information content (AvgIpc) is 3.14. The molecule has 1 aromatic heterocycles. The zero-order chi connectivity index (χ0) is 16.4. The minimum Gasteiger partial charge on any atom is -0.473 e. The average molecular weight is 320 g/mol. The zero-order valence-electron chi connectivity index (χ0n) is 13.7. The maximum Gasteiger partial charge on any atom is 0.241 e. The van der Waals surface area contributed by atoms with E-state index in [1.807, 2.05) is 18.2 Å². The number of fused-ring (bicyclic) bond motifs is 1. The van der Waals surface area contributed by atoms with Crippen LogP contribution in [-0.2, 0) is 4.74 Å². The molecule has 0 N–H and O–H groups in total. The minimum absolute atomic E-state index is 0.169. The molecule has 0 amide bonds. The van der Waals surface area contributed by atoms with Crippen molar-refractivity contribution in [1.82, 2.24) is 10.2 Å². The Hall–Kier alpha value is -2.46. The van der Waals surface area contributed by atoms with Gasteiger partial charge in [0.2, 0.25) is 5.88 Å². The number of aryl methyl sites for hydroxylation is 1. The van der Waals surface area contributed by atoms with E-state index < -0.39 is 0 Å². The third kappa shape index (κ3) is 2.97. The smallest absolute Gasteiger partial charge is 0.241 e. The fraction of sp³-hybridized carbons (Fsp3) is 0.300. The molecule has 1 aliphatic rings. The molecule has 4 rings (SSSR count). The Morgan fingerprint density at radius 3 is 2.58 bits per heavy atom. The maximum atomic E-state index is 5.91. The van der Waals surface area contributed by atoms with Crippen molar-refractivity contribution >= 4 is 10.8 Å². The highest BCUT2D eigenvalue weighted by Gasteiger charge is 2.18. The highest BCUT2D eigenvalue weighted by Crippen LogP contribution is 2.31. The van der Waals surface area contributed by atoms with Gasteiger partial charge in [-0.15, -0.1) is 10.2 Å². The summed E-state index contributed by atoms with van der Waals surface area (Å²) in [6, 6.07) is 16.5.